The molecule has 0 aliphatic heterocycles. The van der Waals surface area contributed by atoms with Gasteiger partial charge in [-0.05, 0) is 12.8 Å². The van der Waals surface area contributed by atoms with Gasteiger partial charge in [0, 0.05) is 26.8 Å². The third-order valence-electron chi connectivity index (χ3n) is 2.08. The number of nitrogens with one attached hydrogen (secondary N) is 2. The Morgan fingerprint density at radius 3 is 2.67 bits per heavy atom. The van der Waals surface area contributed by atoms with Crippen LogP contribution < -0.4 is 10.6 Å². The molecule has 0 aromatic rings. The van der Waals surface area contributed by atoms with E-state index in [0.29, 0.717) is 19.7 Å². The van der Waals surface area contributed by atoms with Crippen molar-refractivity contribution < 1.29 is 14.6 Å². The van der Waals surface area contributed by atoms with Crippen LogP contribution in [0.5, 0.6) is 0 Å². The molecule has 0 aliphatic rings. The number of rotatable bonds is 8. The normalized spacial score (nSPS) is 14.7. The van der Waals surface area contributed by atoms with E-state index in [1.165, 1.54) is 0 Å². The summed E-state index contributed by atoms with van der Waals surface area (Å²) in [5.41, 5.74) is 0. The first-order chi connectivity index (χ1) is 7.11. The number of carbonyl (C=O) groups is 1. The smallest absolute Gasteiger partial charge is 0.236 e. The lowest BCUT2D eigenvalue weighted by molar-refractivity contribution is -0.123. The first kappa shape index (κ1) is 14.3. The van der Waals surface area contributed by atoms with Crippen molar-refractivity contribution >= 4 is 5.91 Å². The Bertz CT molecular complexity index is 176. The van der Waals surface area contributed by atoms with E-state index in [4.69, 9.17) is 9.84 Å². The topological polar surface area (TPSA) is 70.6 Å². The Morgan fingerprint density at radius 2 is 2.13 bits per heavy atom. The zero-order valence-corrected chi connectivity index (χ0v) is 9.75. The molecule has 5 nitrogen and oxygen atoms in total. The van der Waals surface area contributed by atoms with Gasteiger partial charge in [-0.2, -0.15) is 0 Å². The third-order valence-corrected chi connectivity index (χ3v) is 2.08. The number of ether oxygens (including phenoxy) is 1. The Balaban J connectivity index is 3.60. The van der Waals surface area contributed by atoms with Crippen molar-refractivity contribution in [1.82, 2.24) is 10.6 Å². The van der Waals surface area contributed by atoms with Gasteiger partial charge in [0.25, 0.3) is 0 Å². The van der Waals surface area contributed by atoms with Gasteiger partial charge in [0.2, 0.25) is 5.91 Å². The average molecular weight is 218 g/mol. The van der Waals surface area contributed by atoms with Crippen molar-refractivity contribution in [3.05, 3.63) is 0 Å². The van der Waals surface area contributed by atoms with E-state index >= 15 is 0 Å². The SMILES string of the molecule is COCCNC(=O)C(C)NCC(C)CO. The summed E-state index contributed by atoms with van der Waals surface area (Å²) in [5, 5.41) is 14.6. The second-order valence-corrected chi connectivity index (χ2v) is 3.70. The summed E-state index contributed by atoms with van der Waals surface area (Å²) in [4.78, 5) is 11.4. The molecule has 0 bridgehead atoms. The van der Waals surface area contributed by atoms with Crippen LogP contribution >= 0.6 is 0 Å². The number of amides is 1. The fourth-order valence-electron chi connectivity index (χ4n) is 0.965. The van der Waals surface area contributed by atoms with Crippen molar-refractivity contribution in [2.75, 3.05) is 33.4 Å². The number of aliphatic hydroxyl groups is 1. The van der Waals surface area contributed by atoms with Crippen molar-refractivity contribution in [3.8, 4) is 0 Å². The second-order valence-electron chi connectivity index (χ2n) is 3.70. The molecule has 0 fully saturated rings. The zero-order chi connectivity index (χ0) is 11.7. The van der Waals surface area contributed by atoms with Gasteiger partial charge in [-0.15, -0.1) is 0 Å². The molecule has 0 rings (SSSR count). The minimum absolute atomic E-state index is 0.0443. The number of hydrogen-bond acceptors (Lipinski definition) is 4. The van der Waals surface area contributed by atoms with E-state index in [1.54, 1.807) is 14.0 Å². The standard InChI is InChI=1S/C10H22N2O3/c1-8(7-13)6-12-9(2)10(14)11-4-5-15-3/h8-9,12-13H,4-7H2,1-3H3,(H,11,14). The quantitative estimate of drug-likeness (QED) is 0.474. The molecule has 0 aromatic heterocycles. The van der Waals surface area contributed by atoms with E-state index in [-0.39, 0.29) is 24.5 Å². The summed E-state index contributed by atoms with van der Waals surface area (Å²) in [6.07, 6.45) is 0. The largest absolute Gasteiger partial charge is 0.396 e. The highest BCUT2D eigenvalue weighted by atomic mass is 16.5. The molecule has 0 radical (unpaired) electrons. The summed E-state index contributed by atoms with van der Waals surface area (Å²) in [7, 11) is 1.59. The van der Waals surface area contributed by atoms with Gasteiger partial charge in [-0.25, -0.2) is 0 Å². The highest BCUT2D eigenvalue weighted by Gasteiger charge is 2.12. The molecule has 2 unspecified atom stereocenters. The van der Waals surface area contributed by atoms with Crippen LogP contribution in [0.2, 0.25) is 0 Å². The molecule has 0 heterocycles. The minimum atomic E-state index is -0.240. The lowest BCUT2D eigenvalue weighted by Gasteiger charge is -2.16. The maximum Gasteiger partial charge on any atom is 0.236 e. The predicted octanol–water partition coefficient (Wildman–Crippen LogP) is -0.644. The van der Waals surface area contributed by atoms with Gasteiger partial charge >= 0.3 is 0 Å². The summed E-state index contributed by atoms with van der Waals surface area (Å²) < 4.78 is 4.82. The highest BCUT2D eigenvalue weighted by Crippen LogP contribution is 1.91. The van der Waals surface area contributed by atoms with Gasteiger partial charge in [0.15, 0.2) is 0 Å². The fraction of sp³-hybridized carbons (Fsp3) is 0.900. The summed E-state index contributed by atoms with van der Waals surface area (Å²) in [6.45, 7) is 5.53. The van der Waals surface area contributed by atoms with Crippen molar-refractivity contribution in [2.24, 2.45) is 5.92 Å². The van der Waals surface area contributed by atoms with Crippen LogP contribution in [0.15, 0.2) is 0 Å². The Kier molecular flexibility index (Phi) is 8.27. The number of carbonyl (C=O) groups excluding carboxylic acids is 1. The molecule has 0 saturated carbocycles. The molecule has 5 heteroatoms. The molecule has 0 spiro atoms. The van der Waals surface area contributed by atoms with Crippen LogP contribution in [-0.2, 0) is 9.53 Å². The summed E-state index contributed by atoms with van der Waals surface area (Å²) in [6, 6.07) is -0.240. The predicted molar refractivity (Wildman–Crippen MR) is 58.6 cm³/mol. The Labute approximate surface area is 91.2 Å². The number of methoxy groups -OCH3 is 1. The number of hydrogen-bond donors (Lipinski definition) is 3. The van der Waals surface area contributed by atoms with Gasteiger partial charge in [-0.1, -0.05) is 6.92 Å². The molecule has 1 amide bonds. The molecule has 15 heavy (non-hydrogen) atoms. The minimum Gasteiger partial charge on any atom is -0.396 e. The first-order valence-corrected chi connectivity index (χ1v) is 5.22. The van der Waals surface area contributed by atoms with E-state index in [2.05, 4.69) is 10.6 Å². The summed E-state index contributed by atoms with van der Waals surface area (Å²) in [5.74, 6) is 0.122. The van der Waals surface area contributed by atoms with E-state index in [9.17, 15) is 4.79 Å². The lowest BCUT2D eigenvalue weighted by Crippen LogP contribution is -2.44. The molecular formula is C10H22N2O3. The van der Waals surface area contributed by atoms with Crippen LogP contribution in [0.25, 0.3) is 0 Å². The Morgan fingerprint density at radius 1 is 1.47 bits per heavy atom. The molecular weight excluding hydrogens is 196 g/mol. The van der Waals surface area contributed by atoms with E-state index in [1.807, 2.05) is 6.92 Å². The lowest BCUT2D eigenvalue weighted by atomic mass is 10.2. The molecule has 3 N–H and O–H groups in total. The third kappa shape index (κ3) is 7.30. The van der Waals surface area contributed by atoms with E-state index < -0.39 is 0 Å². The van der Waals surface area contributed by atoms with Crippen LogP contribution in [0.1, 0.15) is 13.8 Å². The van der Waals surface area contributed by atoms with Gasteiger partial charge < -0.3 is 20.5 Å². The van der Waals surface area contributed by atoms with Crippen LogP contribution in [0.3, 0.4) is 0 Å². The highest BCUT2D eigenvalue weighted by molar-refractivity contribution is 5.81. The molecule has 0 saturated heterocycles. The zero-order valence-electron chi connectivity index (χ0n) is 9.75. The number of aliphatic hydroxyl groups excluding tert-OH is 1. The maximum absolute atomic E-state index is 11.4. The fourth-order valence-corrected chi connectivity index (χ4v) is 0.965. The molecule has 90 valence electrons. The van der Waals surface area contributed by atoms with Gasteiger partial charge in [0.05, 0.1) is 12.6 Å². The van der Waals surface area contributed by atoms with Gasteiger partial charge in [-0.3, -0.25) is 4.79 Å². The van der Waals surface area contributed by atoms with Crippen LogP contribution in [-0.4, -0.2) is 50.5 Å². The van der Waals surface area contributed by atoms with Crippen LogP contribution in [0.4, 0.5) is 0 Å². The summed E-state index contributed by atoms with van der Waals surface area (Å²) >= 11 is 0. The average Bonchev–Trinajstić information content (AvgIpc) is 2.25. The van der Waals surface area contributed by atoms with Crippen molar-refractivity contribution in [3.63, 3.8) is 0 Å². The van der Waals surface area contributed by atoms with Crippen molar-refractivity contribution in [1.29, 1.82) is 0 Å². The molecule has 0 aliphatic carbocycles. The molecule has 2 atom stereocenters. The second kappa shape index (κ2) is 8.64. The molecule has 0 aromatic carbocycles. The van der Waals surface area contributed by atoms with Crippen LogP contribution in [0, 0.1) is 5.92 Å². The first-order valence-electron chi connectivity index (χ1n) is 5.22. The van der Waals surface area contributed by atoms with E-state index in [0.717, 1.165) is 0 Å². The monoisotopic (exact) mass is 218 g/mol. The maximum atomic E-state index is 11.4. The van der Waals surface area contributed by atoms with Gasteiger partial charge in [0.1, 0.15) is 0 Å². The Hall–Kier alpha value is -0.650. The van der Waals surface area contributed by atoms with Crippen molar-refractivity contribution in [2.45, 2.75) is 19.9 Å².